The summed E-state index contributed by atoms with van der Waals surface area (Å²) >= 11 is 0. The monoisotopic (exact) mass is 231 g/mol. The minimum absolute atomic E-state index is 0.147. The van der Waals surface area contributed by atoms with Gasteiger partial charge < -0.3 is 10.1 Å². The summed E-state index contributed by atoms with van der Waals surface area (Å²) in [5, 5.41) is 3.22. The highest BCUT2D eigenvalue weighted by Crippen LogP contribution is 2.14. The van der Waals surface area contributed by atoms with Gasteiger partial charge in [-0.05, 0) is 18.9 Å². The van der Waals surface area contributed by atoms with Crippen molar-refractivity contribution in [1.82, 2.24) is 14.9 Å². The molecule has 1 N–H and O–H groups in total. The van der Waals surface area contributed by atoms with Crippen LogP contribution in [-0.4, -0.2) is 29.2 Å². The molecule has 0 amide bonds. The van der Waals surface area contributed by atoms with Crippen LogP contribution in [0.25, 0.3) is 0 Å². The zero-order valence-corrected chi connectivity index (χ0v) is 8.90. The molecular formula is C10H15F2N3O. The molecular weight excluding hydrogens is 216 g/mol. The fraction of sp³-hybridized carbons (Fsp3) is 0.700. The van der Waals surface area contributed by atoms with Crippen LogP contribution in [0.5, 0.6) is 0 Å². The molecule has 0 radical (unpaired) electrons. The van der Waals surface area contributed by atoms with Crippen LogP contribution in [0.3, 0.4) is 0 Å². The van der Waals surface area contributed by atoms with Gasteiger partial charge in [0.15, 0.2) is 0 Å². The molecule has 1 atom stereocenters. The van der Waals surface area contributed by atoms with Gasteiger partial charge >= 0.3 is 6.55 Å². The van der Waals surface area contributed by atoms with Crippen molar-refractivity contribution >= 4 is 0 Å². The fourth-order valence-electron chi connectivity index (χ4n) is 1.81. The predicted molar refractivity (Wildman–Crippen MR) is 54.1 cm³/mol. The smallest absolute Gasteiger partial charge is 0.320 e. The summed E-state index contributed by atoms with van der Waals surface area (Å²) in [6.45, 7) is 0.161. The topological polar surface area (TPSA) is 39.1 Å². The van der Waals surface area contributed by atoms with E-state index in [0.717, 1.165) is 24.1 Å². The van der Waals surface area contributed by atoms with E-state index in [4.69, 9.17) is 4.74 Å². The van der Waals surface area contributed by atoms with E-state index >= 15 is 0 Å². The normalized spacial score (nSPS) is 20.8. The van der Waals surface area contributed by atoms with Gasteiger partial charge in [-0.25, -0.2) is 4.98 Å². The van der Waals surface area contributed by atoms with Crippen molar-refractivity contribution in [2.75, 3.05) is 19.7 Å². The maximum Gasteiger partial charge on any atom is 0.320 e. The van der Waals surface area contributed by atoms with Gasteiger partial charge in [0.2, 0.25) is 0 Å². The van der Waals surface area contributed by atoms with Crippen molar-refractivity contribution in [1.29, 1.82) is 0 Å². The quantitative estimate of drug-likeness (QED) is 0.832. The summed E-state index contributed by atoms with van der Waals surface area (Å²) in [7, 11) is 0. The molecule has 1 saturated heterocycles. The van der Waals surface area contributed by atoms with E-state index in [1.807, 2.05) is 0 Å². The van der Waals surface area contributed by atoms with Gasteiger partial charge in [-0.15, -0.1) is 0 Å². The van der Waals surface area contributed by atoms with Crippen LogP contribution in [0.4, 0.5) is 8.78 Å². The molecule has 0 aliphatic carbocycles. The Morgan fingerprint density at radius 2 is 2.50 bits per heavy atom. The Morgan fingerprint density at radius 3 is 3.19 bits per heavy atom. The summed E-state index contributed by atoms with van der Waals surface area (Å²) in [5.41, 5.74) is 0. The number of aromatic nitrogens is 2. The van der Waals surface area contributed by atoms with E-state index in [2.05, 4.69) is 10.3 Å². The van der Waals surface area contributed by atoms with Crippen molar-refractivity contribution in [3.8, 4) is 0 Å². The van der Waals surface area contributed by atoms with Crippen molar-refractivity contribution in [3.05, 3.63) is 18.2 Å². The molecule has 16 heavy (non-hydrogen) atoms. The van der Waals surface area contributed by atoms with Crippen LogP contribution in [0.2, 0.25) is 0 Å². The van der Waals surface area contributed by atoms with E-state index < -0.39 is 6.55 Å². The summed E-state index contributed by atoms with van der Waals surface area (Å²) in [5.74, 6) is 0.774. The first-order valence-corrected chi connectivity index (χ1v) is 5.35. The number of hydrogen-bond donors (Lipinski definition) is 1. The van der Waals surface area contributed by atoms with Gasteiger partial charge in [-0.2, -0.15) is 8.78 Å². The zero-order valence-electron chi connectivity index (χ0n) is 8.90. The second kappa shape index (κ2) is 5.36. The molecule has 1 aromatic rings. The molecule has 1 aliphatic rings. The lowest BCUT2D eigenvalue weighted by atomic mass is 10.1. The van der Waals surface area contributed by atoms with Crippen molar-refractivity contribution in [2.45, 2.75) is 19.6 Å². The second-order valence-electron chi connectivity index (χ2n) is 3.90. The molecule has 1 unspecified atom stereocenters. The fourth-order valence-corrected chi connectivity index (χ4v) is 1.81. The summed E-state index contributed by atoms with van der Waals surface area (Å²) in [6.07, 6.45) is 3.71. The minimum Gasteiger partial charge on any atom is -0.373 e. The first kappa shape index (κ1) is 11.5. The Hall–Kier alpha value is -1.01. The first-order chi connectivity index (χ1) is 7.77. The number of nitrogens with one attached hydrogen (secondary N) is 1. The van der Waals surface area contributed by atoms with Crippen LogP contribution < -0.4 is 5.32 Å². The molecule has 1 fully saturated rings. The average Bonchev–Trinajstić information content (AvgIpc) is 2.87. The third kappa shape index (κ3) is 2.76. The van der Waals surface area contributed by atoms with E-state index in [1.54, 1.807) is 0 Å². The van der Waals surface area contributed by atoms with Crippen LogP contribution in [0.1, 0.15) is 18.8 Å². The molecule has 1 aliphatic heterocycles. The lowest BCUT2D eigenvalue weighted by Gasteiger charge is -2.10. The summed E-state index contributed by atoms with van der Waals surface area (Å²) in [6, 6.07) is 0. The molecule has 0 bridgehead atoms. The number of halogens is 2. The molecule has 0 aromatic carbocycles. The van der Waals surface area contributed by atoms with Gasteiger partial charge in [-0.1, -0.05) is 0 Å². The number of alkyl halides is 2. The highest BCUT2D eigenvalue weighted by Gasteiger charge is 2.15. The molecule has 0 spiro atoms. The molecule has 2 rings (SSSR count). The SMILES string of the molecule is FC(F)n1ccnc1COCC1CCNC1. The Balaban J connectivity index is 1.78. The number of nitrogens with zero attached hydrogens (tertiary/aromatic N) is 2. The van der Waals surface area contributed by atoms with Gasteiger partial charge in [-0.3, -0.25) is 4.57 Å². The maximum absolute atomic E-state index is 12.4. The molecule has 1 aromatic heterocycles. The van der Waals surface area contributed by atoms with E-state index in [1.165, 1.54) is 12.4 Å². The van der Waals surface area contributed by atoms with Crippen molar-refractivity contribution < 1.29 is 13.5 Å². The minimum atomic E-state index is -2.55. The third-order valence-electron chi connectivity index (χ3n) is 2.71. The zero-order chi connectivity index (χ0) is 11.4. The van der Waals surface area contributed by atoms with Crippen LogP contribution in [-0.2, 0) is 11.3 Å². The van der Waals surface area contributed by atoms with E-state index in [0.29, 0.717) is 12.5 Å². The van der Waals surface area contributed by atoms with Gasteiger partial charge in [0, 0.05) is 18.9 Å². The highest BCUT2D eigenvalue weighted by atomic mass is 19.3. The Kier molecular flexibility index (Phi) is 3.84. The van der Waals surface area contributed by atoms with Gasteiger partial charge in [0.25, 0.3) is 0 Å². The number of ether oxygens (including phenoxy) is 1. The Morgan fingerprint density at radius 1 is 1.62 bits per heavy atom. The second-order valence-corrected chi connectivity index (χ2v) is 3.90. The third-order valence-corrected chi connectivity index (χ3v) is 2.71. The van der Waals surface area contributed by atoms with Gasteiger partial charge in [0.1, 0.15) is 12.4 Å². The Bertz CT molecular complexity index is 324. The van der Waals surface area contributed by atoms with Crippen molar-refractivity contribution in [3.63, 3.8) is 0 Å². The van der Waals surface area contributed by atoms with Crippen LogP contribution >= 0.6 is 0 Å². The van der Waals surface area contributed by atoms with Crippen molar-refractivity contribution in [2.24, 2.45) is 5.92 Å². The molecule has 90 valence electrons. The van der Waals surface area contributed by atoms with Crippen LogP contribution in [0.15, 0.2) is 12.4 Å². The standard InChI is InChI=1S/C10H15F2N3O/c11-10(12)15-4-3-14-9(15)7-16-6-8-1-2-13-5-8/h3-4,8,10,13H,1-2,5-7H2. The number of hydrogen-bond acceptors (Lipinski definition) is 3. The average molecular weight is 231 g/mol. The predicted octanol–water partition coefficient (Wildman–Crippen LogP) is 1.40. The largest absolute Gasteiger partial charge is 0.373 e. The highest BCUT2D eigenvalue weighted by molar-refractivity contribution is 4.90. The van der Waals surface area contributed by atoms with Crippen LogP contribution in [0, 0.1) is 5.92 Å². The summed E-state index contributed by atoms with van der Waals surface area (Å²) < 4.78 is 31.1. The van der Waals surface area contributed by atoms with E-state index in [-0.39, 0.29) is 12.4 Å². The molecule has 2 heterocycles. The number of imidazole rings is 1. The first-order valence-electron chi connectivity index (χ1n) is 5.35. The molecule has 4 nitrogen and oxygen atoms in total. The number of rotatable bonds is 5. The summed E-state index contributed by atoms with van der Waals surface area (Å²) in [4.78, 5) is 3.84. The van der Waals surface area contributed by atoms with E-state index in [9.17, 15) is 8.78 Å². The molecule has 0 saturated carbocycles. The lowest BCUT2D eigenvalue weighted by Crippen LogP contribution is -2.15. The molecule has 6 heteroatoms. The maximum atomic E-state index is 12.4. The Labute approximate surface area is 92.6 Å². The lowest BCUT2D eigenvalue weighted by molar-refractivity contribution is 0.0463. The van der Waals surface area contributed by atoms with Gasteiger partial charge in [0.05, 0.1) is 6.61 Å².